The van der Waals surface area contributed by atoms with Gasteiger partial charge in [-0.3, -0.25) is 4.84 Å². The highest BCUT2D eigenvalue weighted by Gasteiger charge is 2.12. The lowest BCUT2D eigenvalue weighted by Gasteiger charge is -2.19. The quantitative estimate of drug-likeness (QED) is 0.828. The van der Waals surface area contributed by atoms with Crippen LogP contribution in [0, 0.1) is 6.92 Å². The van der Waals surface area contributed by atoms with Crippen LogP contribution in [0.5, 0.6) is 0 Å². The van der Waals surface area contributed by atoms with Crippen LogP contribution in [0.3, 0.4) is 0 Å². The second-order valence-electron chi connectivity index (χ2n) is 5.11. The number of pyridine rings is 1. The van der Waals surface area contributed by atoms with Gasteiger partial charge in [0.15, 0.2) is 0 Å². The van der Waals surface area contributed by atoms with E-state index in [0.717, 1.165) is 17.0 Å². The molecule has 1 N–H and O–H groups in total. The highest BCUT2D eigenvalue weighted by molar-refractivity contribution is 5.42. The van der Waals surface area contributed by atoms with Crippen LogP contribution in [0.4, 0.5) is 0 Å². The molecule has 0 radical (unpaired) electrons. The fraction of sp³-hybridized carbons (Fsp3) is 0.462. The van der Waals surface area contributed by atoms with Gasteiger partial charge in [0.1, 0.15) is 5.65 Å². The van der Waals surface area contributed by atoms with Crippen LogP contribution in [0.1, 0.15) is 32.2 Å². The number of hydroxylamine groups is 1. The van der Waals surface area contributed by atoms with Crippen molar-refractivity contribution in [2.75, 3.05) is 0 Å². The van der Waals surface area contributed by atoms with E-state index in [9.17, 15) is 0 Å². The van der Waals surface area contributed by atoms with Crippen LogP contribution >= 0.6 is 0 Å². The molecule has 0 amide bonds. The molecule has 0 aromatic carbocycles. The van der Waals surface area contributed by atoms with Crippen molar-refractivity contribution in [3.63, 3.8) is 0 Å². The molecule has 2 rings (SSSR count). The van der Waals surface area contributed by atoms with Gasteiger partial charge in [0.05, 0.1) is 23.5 Å². The topological polar surface area (TPSA) is 38.6 Å². The first kappa shape index (κ1) is 12.1. The van der Waals surface area contributed by atoms with E-state index >= 15 is 0 Å². The molecule has 0 saturated heterocycles. The molecule has 0 unspecified atom stereocenters. The minimum atomic E-state index is -0.186. The second-order valence-corrected chi connectivity index (χ2v) is 5.11. The summed E-state index contributed by atoms with van der Waals surface area (Å²) in [6.07, 6.45) is 2.02. The molecule has 2 heterocycles. The molecule has 0 atom stereocenters. The Morgan fingerprint density at radius 1 is 1.35 bits per heavy atom. The number of hydrogen-bond donors (Lipinski definition) is 1. The number of fused-ring (bicyclic) bond motifs is 1. The van der Waals surface area contributed by atoms with E-state index in [4.69, 9.17) is 4.84 Å². The van der Waals surface area contributed by atoms with Crippen LogP contribution in [0.15, 0.2) is 24.4 Å². The van der Waals surface area contributed by atoms with Gasteiger partial charge in [-0.2, -0.15) is 5.48 Å². The van der Waals surface area contributed by atoms with Crippen molar-refractivity contribution >= 4 is 5.65 Å². The zero-order valence-electron chi connectivity index (χ0n) is 10.8. The van der Waals surface area contributed by atoms with Crippen LogP contribution < -0.4 is 5.48 Å². The molecule has 4 nitrogen and oxygen atoms in total. The Kier molecular flexibility index (Phi) is 3.17. The highest BCUT2D eigenvalue weighted by atomic mass is 16.7. The molecule has 0 bridgehead atoms. The van der Waals surface area contributed by atoms with Gasteiger partial charge >= 0.3 is 0 Å². The predicted molar refractivity (Wildman–Crippen MR) is 67.6 cm³/mol. The molecular formula is C13H19N3O. The summed E-state index contributed by atoms with van der Waals surface area (Å²) in [6, 6.07) is 5.99. The molecule has 0 aliphatic carbocycles. The van der Waals surface area contributed by atoms with Crippen molar-refractivity contribution in [2.24, 2.45) is 0 Å². The average molecular weight is 233 g/mol. The number of aryl methyl sites for hydroxylation is 1. The van der Waals surface area contributed by atoms with E-state index in [1.54, 1.807) is 0 Å². The summed E-state index contributed by atoms with van der Waals surface area (Å²) >= 11 is 0. The van der Waals surface area contributed by atoms with Crippen molar-refractivity contribution in [3.05, 3.63) is 35.8 Å². The molecule has 2 aromatic rings. The zero-order chi connectivity index (χ0) is 12.5. The third-order valence-corrected chi connectivity index (χ3v) is 2.45. The summed E-state index contributed by atoms with van der Waals surface area (Å²) in [6.45, 7) is 8.71. The van der Waals surface area contributed by atoms with E-state index in [1.807, 2.05) is 52.1 Å². The maximum absolute atomic E-state index is 5.52. The molecule has 0 aliphatic rings. The number of nitrogens with one attached hydrogen (secondary N) is 1. The lowest BCUT2D eigenvalue weighted by atomic mass is 10.2. The van der Waals surface area contributed by atoms with Crippen LogP contribution in [-0.2, 0) is 11.4 Å². The summed E-state index contributed by atoms with van der Waals surface area (Å²) < 4.78 is 2.08. The average Bonchev–Trinajstić information content (AvgIpc) is 2.54. The first-order chi connectivity index (χ1) is 7.97. The summed E-state index contributed by atoms with van der Waals surface area (Å²) in [5.41, 5.74) is 5.94. The fourth-order valence-electron chi connectivity index (χ4n) is 1.70. The van der Waals surface area contributed by atoms with E-state index in [-0.39, 0.29) is 5.60 Å². The van der Waals surface area contributed by atoms with Gasteiger partial charge in [-0.25, -0.2) is 4.98 Å². The summed E-state index contributed by atoms with van der Waals surface area (Å²) in [5.74, 6) is 0. The monoisotopic (exact) mass is 233 g/mol. The van der Waals surface area contributed by atoms with E-state index < -0.39 is 0 Å². The highest BCUT2D eigenvalue weighted by Crippen LogP contribution is 2.12. The predicted octanol–water partition coefficient (Wildman–Crippen LogP) is 2.46. The third-order valence-electron chi connectivity index (χ3n) is 2.45. The molecule has 0 fully saturated rings. The Morgan fingerprint density at radius 2 is 2.12 bits per heavy atom. The van der Waals surface area contributed by atoms with Gasteiger partial charge in [0, 0.05) is 6.20 Å². The lowest BCUT2D eigenvalue weighted by molar-refractivity contribution is -0.0762. The zero-order valence-corrected chi connectivity index (χ0v) is 10.8. The molecule has 2 aromatic heterocycles. The fourth-order valence-corrected chi connectivity index (χ4v) is 1.70. The van der Waals surface area contributed by atoms with E-state index in [0.29, 0.717) is 6.54 Å². The van der Waals surface area contributed by atoms with Gasteiger partial charge in [0.2, 0.25) is 0 Å². The molecule has 17 heavy (non-hydrogen) atoms. The molecule has 4 heteroatoms. The summed E-state index contributed by atoms with van der Waals surface area (Å²) in [4.78, 5) is 10.0. The van der Waals surface area contributed by atoms with Gasteiger partial charge in [-0.15, -0.1) is 0 Å². The van der Waals surface area contributed by atoms with Gasteiger partial charge < -0.3 is 4.40 Å². The Hall–Kier alpha value is -1.39. The standard InChI is InChI=1S/C13H19N3O/c1-10-11(9-14-17-13(2,3)4)16-8-6-5-7-12(16)15-10/h5-8,14H,9H2,1-4H3. The number of aromatic nitrogens is 2. The first-order valence-corrected chi connectivity index (χ1v) is 5.81. The Morgan fingerprint density at radius 3 is 2.82 bits per heavy atom. The minimum Gasteiger partial charge on any atom is -0.302 e. The van der Waals surface area contributed by atoms with Crippen molar-refractivity contribution in [3.8, 4) is 0 Å². The van der Waals surface area contributed by atoms with E-state index in [2.05, 4.69) is 14.9 Å². The van der Waals surface area contributed by atoms with Crippen molar-refractivity contribution in [1.82, 2.24) is 14.9 Å². The number of nitrogens with zero attached hydrogens (tertiary/aromatic N) is 2. The van der Waals surface area contributed by atoms with Crippen LogP contribution in [-0.4, -0.2) is 15.0 Å². The van der Waals surface area contributed by atoms with Crippen molar-refractivity contribution < 1.29 is 4.84 Å². The Labute approximate surface area is 102 Å². The van der Waals surface area contributed by atoms with Gasteiger partial charge in [0.25, 0.3) is 0 Å². The summed E-state index contributed by atoms with van der Waals surface area (Å²) in [7, 11) is 0. The molecule has 0 aliphatic heterocycles. The molecular weight excluding hydrogens is 214 g/mol. The van der Waals surface area contributed by atoms with Crippen molar-refractivity contribution in [2.45, 2.75) is 39.8 Å². The Balaban J connectivity index is 2.15. The number of hydrogen-bond acceptors (Lipinski definition) is 3. The largest absolute Gasteiger partial charge is 0.302 e. The van der Waals surface area contributed by atoms with Crippen LogP contribution in [0.2, 0.25) is 0 Å². The number of imidazole rings is 1. The molecule has 0 spiro atoms. The third kappa shape index (κ3) is 2.84. The first-order valence-electron chi connectivity index (χ1n) is 5.81. The molecule has 0 saturated carbocycles. The van der Waals surface area contributed by atoms with Gasteiger partial charge in [-0.05, 0) is 39.8 Å². The second kappa shape index (κ2) is 4.47. The normalized spacial score (nSPS) is 12.2. The maximum Gasteiger partial charge on any atom is 0.137 e. The Bertz CT molecular complexity index is 511. The molecule has 92 valence electrons. The smallest absolute Gasteiger partial charge is 0.137 e. The maximum atomic E-state index is 5.52. The summed E-state index contributed by atoms with van der Waals surface area (Å²) in [5, 5.41) is 0. The lowest BCUT2D eigenvalue weighted by Crippen LogP contribution is -2.29. The number of rotatable bonds is 3. The van der Waals surface area contributed by atoms with Gasteiger partial charge in [-0.1, -0.05) is 6.07 Å². The van der Waals surface area contributed by atoms with E-state index in [1.165, 1.54) is 0 Å². The minimum absolute atomic E-state index is 0.186. The van der Waals surface area contributed by atoms with Crippen LogP contribution in [0.25, 0.3) is 5.65 Å². The SMILES string of the molecule is Cc1nc2ccccn2c1CNOC(C)(C)C. The van der Waals surface area contributed by atoms with Crippen molar-refractivity contribution in [1.29, 1.82) is 0 Å².